The molecule has 24 heavy (non-hydrogen) atoms. The summed E-state index contributed by atoms with van der Waals surface area (Å²) >= 11 is 0. The topological polar surface area (TPSA) is 0 Å². The zero-order valence-corrected chi connectivity index (χ0v) is 14.6. The smallest absolute Gasteiger partial charge is 0.210 e. The second-order valence-corrected chi connectivity index (χ2v) is 7.49. The molecule has 2 aliphatic carbocycles. The molecule has 3 rings (SSSR count). The van der Waals surface area contributed by atoms with E-state index < -0.39 is 6.43 Å². The lowest BCUT2D eigenvalue weighted by molar-refractivity contribution is 0.0283. The number of halogens is 2. The quantitative estimate of drug-likeness (QED) is 0.551. The van der Waals surface area contributed by atoms with Crippen LogP contribution in [0.25, 0.3) is 5.57 Å². The highest BCUT2D eigenvalue weighted by Crippen LogP contribution is 2.50. The van der Waals surface area contributed by atoms with Gasteiger partial charge in [0.25, 0.3) is 0 Å². The van der Waals surface area contributed by atoms with Crippen LogP contribution in [0.1, 0.15) is 57.4 Å². The van der Waals surface area contributed by atoms with Crippen molar-refractivity contribution in [2.24, 2.45) is 17.3 Å². The summed E-state index contributed by atoms with van der Waals surface area (Å²) in [4.78, 5) is 0. The fraction of sp³-hybridized carbons (Fsp3) is 0.545. The summed E-state index contributed by atoms with van der Waals surface area (Å²) < 4.78 is 25.9. The van der Waals surface area contributed by atoms with Gasteiger partial charge in [-0.15, -0.1) is 0 Å². The van der Waals surface area contributed by atoms with Gasteiger partial charge in [-0.3, -0.25) is 0 Å². The molecule has 1 aromatic rings. The molecule has 0 nitrogen and oxygen atoms in total. The van der Waals surface area contributed by atoms with Crippen LogP contribution >= 0.6 is 0 Å². The van der Waals surface area contributed by atoms with Gasteiger partial charge in [0.2, 0.25) is 6.43 Å². The predicted octanol–water partition coefficient (Wildman–Crippen LogP) is 6.89. The molecule has 1 saturated carbocycles. The van der Waals surface area contributed by atoms with Crippen molar-refractivity contribution in [3.63, 3.8) is 0 Å². The number of allylic oxidation sites excluding steroid dienone is 4. The first-order valence-corrected chi connectivity index (χ1v) is 9.37. The normalized spacial score (nSPS) is 30.4. The fourth-order valence-corrected chi connectivity index (χ4v) is 4.64. The second-order valence-electron chi connectivity index (χ2n) is 7.49. The molecule has 0 bridgehead atoms. The Hall–Kier alpha value is -1.44. The first kappa shape index (κ1) is 17.4. The first-order chi connectivity index (χ1) is 11.6. The molecule has 1 aromatic carbocycles. The van der Waals surface area contributed by atoms with Gasteiger partial charge >= 0.3 is 0 Å². The van der Waals surface area contributed by atoms with E-state index in [1.165, 1.54) is 11.1 Å². The van der Waals surface area contributed by atoms with Crippen molar-refractivity contribution in [2.45, 2.75) is 58.3 Å². The van der Waals surface area contributed by atoms with Gasteiger partial charge in [0.1, 0.15) is 0 Å². The van der Waals surface area contributed by atoms with E-state index in [9.17, 15) is 8.78 Å². The molecule has 1 unspecified atom stereocenters. The van der Waals surface area contributed by atoms with E-state index in [1.807, 2.05) is 6.07 Å². The van der Waals surface area contributed by atoms with Crippen molar-refractivity contribution in [2.75, 3.05) is 0 Å². The standard InChI is InChI=1S/C22H28F2/c1-2-14-22(20-10-8-19(9-11-20)21(23)24)15-12-18(13-16-22)17-6-4-3-5-7-17/h3-7,12-13,15,19-21H,2,8-11,14,16H2,1H3. The SMILES string of the molecule is CCCC1(C2CCC(C(F)F)CC2)C=CC(c2ccccc2)=CC1. The summed E-state index contributed by atoms with van der Waals surface area (Å²) in [5.74, 6) is 0.181. The average Bonchev–Trinajstić information content (AvgIpc) is 2.63. The molecule has 1 fully saturated rings. The molecule has 0 aliphatic heterocycles. The van der Waals surface area contributed by atoms with Crippen LogP contribution in [0.2, 0.25) is 0 Å². The lowest BCUT2D eigenvalue weighted by atomic mass is 9.61. The Morgan fingerprint density at radius 1 is 1.08 bits per heavy atom. The number of hydrogen-bond donors (Lipinski definition) is 0. The molecule has 2 aliphatic rings. The minimum atomic E-state index is -2.14. The molecule has 0 radical (unpaired) electrons. The monoisotopic (exact) mass is 330 g/mol. The van der Waals surface area contributed by atoms with Crippen LogP contribution in [-0.4, -0.2) is 6.43 Å². The minimum Gasteiger partial charge on any atom is -0.210 e. The number of alkyl halides is 2. The van der Waals surface area contributed by atoms with Crippen molar-refractivity contribution >= 4 is 5.57 Å². The van der Waals surface area contributed by atoms with E-state index in [1.54, 1.807) is 0 Å². The zero-order valence-electron chi connectivity index (χ0n) is 14.6. The van der Waals surface area contributed by atoms with Gasteiger partial charge in [-0.1, -0.05) is 61.9 Å². The lowest BCUT2D eigenvalue weighted by Gasteiger charge is -2.43. The molecule has 0 amide bonds. The van der Waals surface area contributed by atoms with Crippen molar-refractivity contribution in [1.82, 2.24) is 0 Å². The Balaban J connectivity index is 1.73. The Labute approximate surface area is 144 Å². The highest BCUT2D eigenvalue weighted by atomic mass is 19.3. The lowest BCUT2D eigenvalue weighted by Crippen LogP contribution is -2.34. The summed E-state index contributed by atoms with van der Waals surface area (Å²) in [7, 11) is 0. The second kappa shape index (κ2) is 7.63. The molecule has 0 heterocycles. The fourth-order valence-electron chi connectivity index (χ4n) is 4.64. The maximum Gasteiger partial charge on any atom is 0.241 e. The van der Waals surface area contributed by atoms with Gasteiger partial charge in [-0.25, -0.2) is 8.78 Å². The maximum absolute atomic E-state index is 12.9. The van der Waals surface area contributed by atoms with E-state index in [0.717, 1.165) is 32.1 Å². The Bertz CT molecular complexity index is 579. The van der Waals surface area contributed by atoms with Crippen LogP contribution in [-0.2, 0) is 0 Å². The highest BCUT2D eigenvalue weighted by Gasteiger charge is 2.39. The summed E-state index contributed by atoms with van der Waals surface area (Å²) in [5.41, 5.74) is 2.74. The summed E-state index contributed by atoms with van der Waals surface area (Å²) in [5, 5.41) is 0. The van der Waals surface area contributed by atoms with Crippen LogP contribution < -0.4 is 0 Å². The van der Waals surface area contributed by atoms with Gasteiger partial charge in [0, 0.05) is 5.92 Å². The van der Waals surface area contributed by atoms with E-state index in [-0.39, 0.29) is 11.3 Å². The molecule has 0 saturated heterocycles. The molecule has 1 atom stereocenters. The van der Waals surface area contributed by atoms with Gasteiger partial charge in [-0.2, -0.15) is 0 Å². The Morgan fingerprint density at radius 2 is 1.79 bits per heavy atom. The van der Waals surface area contributed by atoms with Crippen molar-refractivity contribution in [1.29, 1.82) is 0 Å². The third-order valence-electron chi connectivity index (χ3n) is 6.06. The third-order valence-corrected chi connectivity index (χ3v) is 6.06. The summed E-state index contributed by atoms with van der Waals surface area (Å²) in [6, 6.07) is 10.5. The molecule has 0 N–H and O–H groups in total. The molecule has 130 valence electrons. The van der Waals surface area contributed by atoms with E-state index in [4.69, 9.17) is 0 Å². The van der Waals surface area contributed by atoms with Gasteiger partial charge in [0.15, 0.2) is 0 Å². The summed E-state index contributed by atoms with van der Waals surface area (Å²) in [6.45, 7) is 2.23. The van der Waals surface area contributed by atoms with Crippen molar-refractivity contribution < 1.29 is 8.78 Å². The van der Waals surface area contributed by atoms with E-state index in [2.05, 4.69) is 49.4 Å². The van der Waals surface area contributed by atoms with Crippen molar-refractivity contribution in [3.05, 3.63) is 54.1 Å². The van der Waals surface area contributed by atoms with E-state index in [0.29, 0.717) is 18.8 Å². The average molecular weight is 330 g/mol. The van der Waals surface area contributed by atoms with Gasteiger partial charge in [-0.05, 0) is 61.0 Å². The molecular formula is C22H28F2. The number of rotatable bonds is 5. The van der Waals surface area contributed by atoms with Crippen molar-refractivity contribution in [3.8, 4) is 0 Å². The third kappa shape index (κ3) is 3.63. The molecule has 0 aromatic heterocycles. The largest absolute Gasteiger partial charge is 0.241 e. The highest BCUT2D eigenvalue weighted by molar-refractivity contribution is 5.75. The number of benzene rings is 1. The van der Waals surface area contributed by atoms with Crippen LogP contribution in [0.4, 0.5) is 8.78 Å². The Kier molecular flexibility index (Phi) is 5.53. The molecule has 2 heteroatoms. The van der Waals surface area contributed by atoms with Crippen LogP contribution in [0.15, 0.2) is 48.6 Å². The number of hydrogen-bond acceptors (Lipinski definition) is 0. The Morgan fingerprint density at radius 3 is 2.33 bits per heavy atom. The summed E-state index contributed by atoms with van der Waals surface area (Å²) in [6.07, 6.45) is 11.5. The maximum atomic E-state index is 12.9. The van der Waals surface area contributed by atoms with Crippen LogP contribution in [0, 0.1) is 17.3 Å². The van der Waals surface area contributed by atoms with E-state index >= 15 is 0 Å². The minimum absolute atomic E-state index is 0.181. The van der Waals surface area contributed by atoms with Gasteiger partial charge < -0.3 is 0 Å². The molecule has 0 spiro atoms. The first-order valence-electron chi connectivity index (χ1n) is 9.37. The zero-order chi connectivity index (χ0) is 17.0. The van der Waals surface area contributed by atoms with Crippen LogP contribution in [0.3, 0.4) is 0 Å². The van der Waals surface area contributed by atoms with Crippen LogP contribution in [0.5, 0.6) is 0 Å². The predicted molar refractivity (Wildman–Crippen MR) is 97.0 cm³/mol. The molecular weight excluding hydrogens is 302 g/mol. The van der Waals surface area contributed by atoms with Gasteiger partial charge in [0.05, 0.1) is 0 Å².